The van der Waals surface area contributed by atoms with Crippen LogP contribution in [0, 0.1) is 0 Å². The first-order valence-corrected chi connectivity index (χ1v) is 13.9. The third-order valence-electron chi connectivity index (χ3n) is 6.00. The number of rotatable bonds is 24. The fourth-order valence-electron chi connectivity index (χ4n) is 3.87. The zero-order valence-corrected chi connectivity index (χ0v) is 22.8. The van der Waals surface area contributed by atoms with E-state index in [1.54, 1.807) is 0 Å². The van der Waals surface area contributed by atoms with Crippen LogP contribution in [-0.2, 0) is 19.1 Å². The number of esters is 1. The van der Waals surface area contributed by atoms with Gasteiger partial charge in [0, 0.05) is 32.4 Å². The summed E-state index contributed by atoms with van der Waals surface area (Å²) in [6.45, 7) is 3.75. The van der Waals surface area contributed by atoms with Gasteiger partial charge in [-0.3, -0.25) is 14.4 Å². The molecule has 206 valence electrons. The second-order valence-electron chi connectivity index (χ2n) is 9.62. The topological polar surface area (TPSA) is 99.2 Å². The van der Waals surface area contributed by atoms with Crippen molar-refractivity contribution in [2.45, 2.75) is 103 Å². The Labute approximate surface area is 214 Å². The number of aliphatic hydroxyl groups is 1. The molecule has 0 aliphatic carbocycles. The fourth-order valence-corrected chi connectivity index (χ4v) is 3.87. The molecule has 0 heterocycles. The molecule has 0 fully saturated rings. The van der Waals surface area contributed by atoms with E-state index in [0.29, 0.717) is 12.8 Å². The van der Waals surface area contributed by atoms with E-state index in [4.69, 9.17) is 4.74 Å². The molecular formula is C27H53N3O5. The molecule has 0 aromatic carbocycles. The van der Waals surface area contributed by atoms with Crippen molar-refractivity contribution in [2.24, 2.45) is 0 Å². The number of carbonyl (C=O) groups is 3. The maximum Gasteiger partial charge on any atom is 0.305 e. The molecule has 0 spiro atoms. The number of amides is 2. The third kappa shape index (κ3) is 22.5. The molecule has 0 rings (SSSR count). The van der Waals surface area contributed by atoms with Gasteiger partial charge in [0.2, 0.25) is 11.8 Å². The van der Waals surface area contributed by atoms with Gasteiger partial charge in [-0.2, -0.15) is 0 Å². The fraction of sp³-hybridized carbons (Fsp3) is 0.889. The van der Waals surface area contributed by atoms with Gasteiger partial charge in [-0.1, -0.05) is 71.1 Å². The quantitative estimate of drug-likeness (QED) is 0.154. The van der Waals surface area contributed by atoms with E-state index in [0.717, 1.165) is 32.2 Å². The van der Waals surface area contributed by atoms with Gasteiger partial charge < -0.3 is 25.0 Å². The van der Waals surface area contributed by atoms with Crippen LogP contribution in [0.3, 0.4) is 0 Å². The molecular weight excluding hydrogens is 446 g/mol. The molecule has 8 heteroatoms. The van der Waals surface area contributed by atoms with Crippen LogP contribution in [0.4, 0.5) is 0 Å². The molecule has 2 amide bonds. The van der Waals surface area contributed by atoms with Gasteiger partial charge in [-0.25, -0.2) is 0 Å². The molecule has 0 aromatic heterocycles. The van der Waals surface area contributed by atoms with Crippen LogP contribution in [-0.4, -0.2) is 86.2 Å². The summed E-state index contributed by atoms with van der Waals surface area (Å²) in [5.74, 6) is -0.471. The molecule has 2 N–H and O–H groups in total. The maximum atomic E-state index is 12.4. The lowest BCUT2D eigenvalue weighted by Gasteiger charge is -2.21. The number of unbranched alkanes of at least 4 members (excludes halogenated alkanes) is 10. The van der Waals surface area contributed by atoms with Crippen molar-refractivity contribution in [1.82, 2.24) is 15.1 Å². The van der Waals surface area contributed by atoms with Crippen molar-refractivity contribution in [1.29, 1.82) is 0 Å². The average molecular weight is 500 g/mol. The Morgan fingerprint density at radius 2 is 1.34 bits per heavy atom. The number of hydrogen-bond donors (Lipinski definition) is 2. The Bertz CT molecular complexity index is 543. The van der Waals surface area contributed by atoms with E-state index >= 15 is 0 Å². The zero-order valence-electron chi connectivity index (χ0n) is 22.8. The van der Waals surface area contributed by atoms with Gasteiger partial charge in [0.05, 0.1) is 13.2 Å². The van der Waals surface area contributed by atoms with Crippen LogP contribution in [0.1, 0.15) is 103 Å². The monoisotopic (exact) mass is 499 g/mol. The number of nitrogens with one attached hydrogen (secondary N) is 1. The lowest BCUT2D eigenvalue weighted by Crippen LogP contribution is -2.38. The number of nitrogens with zero attached hydrogens (tertiary/aromatic N) is 2. The zero-order chi connectivity index (χ0) is 26.2. The highest BCUT2D eigenvalue weighted by Crippen LogP contribution is 2.12. The minimum atomic E-state index is -0.234. The first-order valence-electron chi connectivity index (χ1n) is 13.9. The molecule has 0 atom stereocenters. The molecule has 0 unspecified atom stereocenters. The second-order valence-corrected chi connectivity index (χ2v) is 9.62. The molecule has 0 aromatic rings. The summed E-state index contributed by atoms with van der Waals surface area (Å²) in [6, 6.07) is 0. The Hall–Kier alpha value is -1.67. The maximum absolute atomic E-state index is 12.4. The van der Waals surface area contributed by atoms with Crippen LogP contribution in [0.15, 0.2) is 0 Å². The van der Waals surface area contributed by atoms with Gasteiger partial charge in [0.15, 0.2) is 0 Å². The Balaban J connectivity index is 3.82. The lowest BCUT2D eigenvalue weighted by atomic mass is 10.1. The van der Waals surface area contributed by atoms with Gasteiger partial charge in [0.25, 0.3) is 0 Å². The molecule has 8 nitrogen and oxygen atoms in total. The predicted molar refractivity (Wildman–Crippen MR) is 141 cm³/mol. The molecule has 0 saturated carbocycles. The second kappa shape index (κ2) is 24.0. The van der Waals surface area contributed by atoms with E-state index in [9.17, 15) is 19.5 Å². The van der Waals surface area contributed by atoms with Crippen molar-refractivity contribution in [3.8, 4) is 0 Å². The van der Waals surface area contributed by atoms with Crippen LogP contribution >= 0.6 is 0 Å². The van der Waals surface area contributed by atoms with Crippen molar-refractivity contribution < 1.29 is 24.2 Å². The standard InChI is InChI=1S/C27H53N3O5/c1-4-5-6-7-8-9-10-11-12-13-14-17-27(34)35-24-22-30(21-23-31)26(33)18-19-28-25(32)16-15-20-29(2)3/h31H,4-24H2,1-3H3,(H,28,32). The Morgan fingerprint density at radius 1 is 0.743 bits per heavy atom. The normalized spacial score (nSPS) is 11.0. The van der Waals surface area contributed by atoms with Crippen molar-refractivity contribution in [3.05, 3.63) is 0 Å². The van der Waals surface area contributed by atoms with Crippen LogP contribution in [0.2, 0.25) is 0 Å². The van der Waals surface area contributed by atoms with Gasteiger partial charge >= 0.3 is 5.97 Å². The molecule has 0 aliphatic rings. The summed E-state index contributed by atoms with van der Waals surface area (Å²) < 4.78 is 5.28. The van der Waals surface area contributed by atoms with Gasteiger partial charge in [0.1, 0.15) is 6.61 Å². The van der Waals surface area contributed by atoms with E-state index in [2.05, 4.69) is 12.2 Å². The molecule has 0 aliphatic heterocycles. The highest BCUT2D eigenvalue weighted by Gasteiger charge is 2.14. The minimum Gasteiger partial charge on any atom is -0.464 e. The van der Waals surface area contributed by atoms with Crippen molar-refractivity contribution in [2.75, 3.05) is 53.5 Å². The predicted octanol–water partition coefficient (Wildman–Crippen LogP) is 3.90. The molecule has 0 saturated heterocycles. The lowest BCUT2D eigenvalue weighted by molar-refractivity contribution is -0.146. The largest absolute Gasteiger partial charge is 0.464 e. The van der Waals surface area contributed by atoms with Crippen LogP contribution < -0.4 is 5.32 Å². The van der Waals surface area contributed by atoms with E-state index in [-0.39, 0.29) is 57.1 Å². The summed E-state index contributed by atoms with van der Waals surface area (Å²) >= 11 is 0. The molecule has 0 bridgehead atoms. The summed E-state index contributed by atoms with van der Waals surface area (Å²) in [7, 11) is 3.92. The summed E-state index contributed by atoms with van der Waals surface area (Å²) in [4.78, 5) is 39.7. The average Bonchev–Trinajstić information content (AvgIpc) is 2.81. The van der Waals surface area contributed by atoms with Crippen LogP contribution in [0.25, 0.3) is 0 Å². The SMILES string of the molecule is CCCCCCCCCCCCCC(=O)OCCN(CCO)C(=O)CCNC(=O)CCCN(C)C. The van der Waals surface area contributed by atoms with Crippen molar-refractivity contribution >= 4 is 17.8 Å². The first-order chi connectivity index (χ1) is 16.9. The molecule has 0 radical (unpaired) electrons. The Kier molecular flexibility index (Phi) is 22.9. The highest BCUT2D eigenvalue weighted by molar-refractivity contribution is 5.79. The van der Waals surface area contributed by atoms with Gasteiger partial charge in [-0.15, -0.1) is 0 Å². The molecule has 35 heavy (non-hydrogen) atoms. The number of hydrogen-bond acceptors (Lipinski definition) is 6. The number of carbonyl (C=O) groups excluding carboxylic acids is 3. The van der Waals surface area contributed by atoms with Gasteiger partial charge in [-0.05, 0) is 33.5 Å². The van der Waals surface area contributed by atoms with E-state index in [1.807, 2.05) is 19.0 Å². The summed E-state index contributed by atoms with van der Waals surface area (Å²) in [6.07, 6.45) is 15.3. The van der Waals surface area contributed by atoms with E-state index in [1.165, 1.54) is 56.3 Å². The van der Waals surface area contributed by atoms with E-state index < -0.39 is 0 Å². The third-order valence-corrected chi connectivity index (χ3v) is 6.00. The Morgan fingerprint density at radius 3 is 1.91 bits per heavy atom. The van der Waals surface area contributed by atoms with Crippen molar-refractivity contribution in [3.63, 3.8) is 0 Å². The number of ether oxygens (including phenoxy) is 1. The summed E-state index contributed by atoms with van der Waals surface area (Å²) in [5.41, 5.74) is 0. The number of aliphatic hydroxyl groups excluding tert-OH is 1. The minimum absolute atomic E-state index is 0.0651. The first kappa shape index (κ1) is 33.3. The van der Waals surface area contributed by atoms with Crippen LogP contribution in [0.5, 0.6) is 0 Å². The summed E-state index contributed by atoms with van der Waals surface area (Å²) in [5, 5.41) is 12.0. The smallest absolute Gasteiger partial charge is 0.305 e. The highest BCUT2D eigenvalue weighted by atomic mass is 16.5.